The summed E-state index contributed by atoms with van der Waals surface area (Å²) in [4.78, 5) is 13.0. The third kappa shape index (κ3) is 3.99. The van der Waals surface area contributed by atoms with Crippen LogP contribution in [0.15, 0.2) is 30.6 Å². The number of hydrogen-bond acceptors (Lipinski definition) is 5. The number of nitrogens with one attached hydrogen (secondary N) is 1. The van der Waals surface area contributed by atoms with Gasteiger partial charge in [-0.05, 0) is 25.5 Å². The van der Waals surface area contributed by atoms with Crippen molar-refractivity contribution in [2.45, 2.75) is 32.8 Å². The summed E-state index contributed by atoms with van der Waals surface area (Å²) in [5.74, 6) is 1.37. The normalized spacial score (nSPS) is 12.2. The summed E-state index contributed by atoms with van der Waals surface area (Å²) in [5.41, 5.74) is 1.76. The number of aliphatic hydroxyl groups excluding tert-OH is 1. The number of rotatable bonds is 6. The van der Waals surface area contributed by atoms with Gasteiger partial charge in [0.25, 0.3) is 0 Å². The van der Waals surface area contributed by atoms with E-state index < -0.39 is 0 Å². The van der Waals surface area contributed by atoms with Gasteiger partial charge >= 0.3 is 0 Å². The Labute approximate surface area is 119 Å². The Morgan fingerprint density at radius 2 is 2.20 bits per heavy atom. The molecule has 106 valence electrons. The highest BCUT2D eigenvalue weighted by molar-refractivity contribution is 5.56. The van der Waals surface area contributed by atoms with Crippen LogP contribution < -0.4 is 5.32 Å². The molecule has 0 fully saturated rings. The zero-order valence-electron chi connectivity index (χ0n) is 11.9. The van der Waals surface area contributed by atoms with Crippen molar-refractivity contribution in [2.24, 2.45) is 0 Å². The highest BCUT2D eigenvalue weighted by atomic mass is 16.3. The predicted octanol–water partition coefficient (Wildman–Crippen LogP) is 2.42. The van der Waals surface area contributed by atoms with Gasteiger partial charge in [-0.2, -0.15) is 0 Å². The molecule has 2 aromatic rings. The molecule has 0 saturated carbocycles. The van der Waals surface area contributed by atoms with E-state index in [2.05, 4.69) is 27.2 Å². The van der Waals surface area contributed by atoms with Gasteiger partial charge in [-0.1, -0.05) is 13.3 Å². The fraction of sp³-hybridized carbons (Fsp3) is 0.400. The molecule has 0 bridgehead atoms. The lowest BCUT2D eigenvalue weighted by atomic mass is 10.2. The molecule has 5 heteroatoms. The quantitative estimate of drug-likeness (QED) is 0.845. The minimum Gasteiger partial charge on any atom is -0.391 e. The van der Waals surface area contributed by atoms with E-state index in [4.69, 9.17) is 0 Å². The van der Waals surface area contributed by atoms with E-state index in [0.717, 1.165) is 29.9 Å². The standard InChI is InChI=1S/C15H20N4O/c1-3-5-13(20)10-17-14-8-11(2)18-15(19-14)12-6-4-7-16-9-12/h4,6-9,13,20H,3,5,10H2,1-2H3,(H,17,18,19). The first-order chi connectivity index (χ1) is 9.69. The van der Waals surface area contributed by atoms with E-state index in [1.165, 1.54) is 0 Å². The predicted molar refractivity (Wildman–Crippen MR) is 79.4 cm³/mol. The van der Waals surface area contributed by atoms with Crippen molar-refractivity contribution < 1.29 is 5.11 Å². The molecule has 2 aromatic heterocycles. The van der Waals surface area contributed by atoms with Crippen molar-refractivity contribution in [2.75, 3.05) is 11.9 Å². The first-order valence-corrected chi connectivity index (χ1v) is 6.87. The van der Waals surface area contributed by atoms with Gasteiger partial charge < -0.3 is 10.4 Å². The zero-order chi connectivity index (χ0) is 14.4. The van der Waals surface area contributed by atoms with Crippen molar-refractivity contribution in [3.8, 4) is 11.4 Å². The van der Waals surface area contributed by atoms with Crippen LogP contribution in [0.3, 0.4) is 0 Å². The maximum absolute atomic E-state index is 9.75. The van der Waals surface area contributed by atoms with Gasteiger partial charge in [0.1, 0.15) is 5.82 Å². The summed E-state index contributed by atoms with van der Waals surface area (Å²) in [6.07, 6.45) is 4.86. The Hall–Kier alpha value is -2.01. The van der Waals surface area contributed by atoms with Crippen molar-refractivity contribution in [1.82, 2.24) is 15.0 Å². The molecular weight excluding hydrogens is 252 g/mol. The molecule has 0 spiro atoms. The number of aryl methyl sites for hydroxylation is 1. The second kappa shape index (κ2) is 6.96. The molecule has 0 aliphatic carbocycles. The molecule has 5 nitrogen and oxygen atoms in total. The lowest BCUT2D eigenvalue weighted by molar-refractivity contribution is 0.176. The van der Waals surface area contributed by atoms with Crippen LogP contribution >= 0.6 is 0 Å². The van der Waals surface area contributed by atoms with E-state index in [1.54, 1.807) is 12.4 Å². The van der Waals surface area contributed by atoms with E-state index in [1.807, 2.05) is 25.1 Å². The van der Waals surface area contributed by atoms with Gasteiger partial charge in [-0.3, -0.25) is 4.98 Å². The fourth-order valence-electron chi connectivity index (χ4n) is 1.94. The summed E-state index contributed by atoms with van der Waals surface area (Å²) >= 11 is 0. The Morgan fingerprint density at radius 1 is 1.35 bits per heavy atom. The largest absolute Gasteiger partial charge is 0.391 e. The third-order valence-electron chi connectivity index (χ3n) is 2.91. The van der Waals surface area contributed by atoms with Crippen LogP contribution in [0, 0.1) is 6.92 Å². The van der Waals surface area contributed by atoms with Gasteiger partial charge in [0, 0.05) is 36.3 Å². The number of aliphatic hydroxyl groups is 1. The highest BCUT2D eigenvalue weighted by Crippen LogP contribution is 2.16. The third-order valence-corrected chi connectivity index (χ3v) is 2.91. The molecule has 2 N–H and O–H groups in total. The zero-order valence-corrected chi connectivity index (χ0v) is 11.9. The average molecular weight is 272 g/mol. The van der Waals surface area contributed by atoms with Gasteiger partial charge in [-0.15, -0.1) is 0 Å². The second-order valence-electron chi connectivity index (χ2n) is 4.78. The molecule has 0 saturated heterocycles. The fourth-order valence-corrected chi connectivity index (χ4v) is 1.94. The van der Waals surface area contributed by atoms with E-state index in [-0.39, 0.29) is 6.10 Å². The second-order valence-corrected chi connectivity index (χ2v) is 4.78. The van der Waals surface area contributed by atoms with E-state index in [9.17, 15) is 5.11 Å². The molecule has 1 atom stereocenters. The van der Waals surface area contributed by atoms with Gasteiger partial charge in [-0.25, -0.2) is 9.97 Å². The van der Waals surface area contributed by atoms with Crippen LogP contribution in [0.5, 0.6) is 0 Å². The number of nitrogens with zero attached hydrogens (tertiary/aromatic N) is 3. The molecular formula is C15H20N4O. The SMILES string of the molecule is CCCC(O)CNc1cc(C)nc(-c2cccnc2)n1. The minimum atomic E-state index is -0.350. The molecule has 0 amide bonds. The Bertz CT molecular complexity index is 545. The van der Waals surface area contributed by atoms with Crippen molar-refractivity contribution in [3.05, 3.63) is 36.3 Å². The summed E-state index contributed by atoms with van der Waals surface area (Å²) in [5, 5.41) is 12.9. The van der Waals surface area contributed by atoms with Crippen molar-refractivity contribution in [1.29, 1.82) is 0 Å². The number of hydrogen-bond donors (Lipinski definition) is 2. The van der Waals surface area contributed by atoms with E-state index >= 15 is 0 Å². The Balaban J connectivity index is 2.13. The monoisotopic (exact) mass is 272 g/mol. The van der Waals surface area contributed by atoms with Crippen LogP contribution in [-0.2, 0) is 0 Å². The Morgan fingerprint density at radius 3 is 2.90 bits per heavy atom. The summed E-state index contributed by atoms with van der Waals surface area (Å²) in [7, 11) is 0. The molecule has 20 heavy (non-hydrogen) atoms. The highest BCUT2D eigenvalue weighted by Gasteiger charge is 2.07. The first-order valence-electron chi connectivity index (χ1n) is 6.87. The number of pyridine rings is 1. The number of aromatic nitrogens is 3. The van der Waals surface area contributed by atoms with Crippen LogP contribution in [-0.4, -0.2) is 32.7 Å². The van der Waals surface area contributed by atoms with Gasteiger partial charge in [0.05, 0.1) is 6.10 Å². The maximum Gasteiger partial charge on any atom is 0.163 e. The summed E-state index contributed by atoms with van der Waals surface area (Å²) in [6.45, 7) is 4.48. The van der Waals surface area contributed by atoms with Crippen molar-refractivity contribution in [3.63, 3.8) is 0 Å². The lowest BCUT2D eigenvalue weighted by Crippen LogP contribution is -2.19. The van der Waals surface area contributed by atoms with Crippen LogP contribution in [0.25, 0.3) is 11.4 Å². The molecule has 1 unspecified atom stereocenters. The lowest BCUT2D eigenvalue weighted by Gasteiger charge is -2.12. The molecule has 0 radical (unpaired) electrons. The maximum atomic E-state index is 9.75. The first kappa shape index (κ1) is 14.4. The van der Waals surface area contributed by atoms with Crippen molar-refractivity contribution >= 4 is 5.82 Å². The number of anilines is 1. The minimum absolute atomic E-state index is 0.350. The van der Waals surface area contributed by atoms with Gasteiger partial charge in [0.2, 0.25) is 0 Å². The smallest absolute Gasteiger partial charge is 0.163 e. The summed E-state index contributed by atoms with van der Waals surface area (Å²) < 4.78 is 0. The van der Waals surface area contributed by atoms with Crippen LogP contribution in [0.4, 0.5) is 5.82 Å². The van der Waals surface area contributed by atoms with E-state index in [0.29, 0.717) is 12.4 Å². The Kier molecular flexibility index (Phi) is 5.01. The average Bonchev–Trinajstić information content (AvgIpc) is 2.46. The molecule has 0 aromatic carbocycles. The van der Waals surface area contributed by atoms with Crippen LogP contribution in [0.2, 0.25) is 0 Å². The van der Waals surface area contributed by atoms with Gasteiger partial charge in [0.15, 0.2) is 5.82 Å². The molecule has 2 heterocycles. The molecule has 2 rings (SSSR count). The molecule has 0 aliphatic rings. The van der Waals surface area contributed by atoms with Crippen LogP contribution in [0.1, 0.15) is 25.5 Å². The topological polar surface area (TPSA) is 70.9 Å². The molecule has 0 aliphatic heterocycles. The summed E-state index contributed by atoms with van der Waals surface area (Å²) in [6, 6.07) is 5.66.